The van der Waals surface area contributed by atoms with Crippen LogP contribution < -0.4 is 0 Å². The number of furan rings is 1. The van der Waals surface area contributed by atoms with E-state index in [1.54, 1.807) is 12.5 Å². The summed E-state index contributed by atoms with van der Waals surface area (Å²) in [5, 5.41) is 10.5. The Labute approximate surface area is 97.1 Å². The summed E-state index contributed by atoms with van der Waals surface area (Å²) in [6, 6.07) is 1.94. The molecule has 0 atom stereocenters. The monoisotopic (exact) mass is 223 g/mol. The third-order valence-corrected chi connectivity index (χ3v) is 3.44. The van der Waals surface area contributed by atoms with Crippen molar-refractivity contribution in [2.75, 3.05) is 19.6 Å². The molecule has 1 fully saturated rings. The third kappa shape index (κ3) is 2.86. The molecule has 1 N–H and O–H groups in total. The fourth-order valence-corrected chi connectivity index (χ4v) is 2.46. The van der Waals surface area contributed by atoms with Crippen molar-refractivity contribution in [3.05, 3.63) is 24.2 Å². The van der Waals surface area contributed by atoms with Gasteiger partial charge in [0.2, 0.25) is 0 Å². The van der Waals surface area contributed by atoms with Gasteiger partial charge in [-0.25, -0.2) is 0 Å². The first-order chi connectivity index (χ1) is 7.72. The van der Waals surface area contributed by atoms with Crippen LogP contribution in [0.25, 0.3) is 0 Å². The van der Waals surface area contributed by atoms with Gasteiger partial charge >= 0.3 is 0 Å². The highest BCUT2D eigenvalue weighted by Gasteiger charge is 2.32. The van der Waals surface area contributed by atoms with Crippen molar-refractivity contribution in [3.63, 3.8) is 0 Å². The van der Waals surface area contributed by atoms with Gasteiger partial charge in [-0.3, -0.25) is 0 Å². The van der Waals surface area contributed by atoms with Gasteiger partial charge in [-0.2, -0.15) is 0 Å². The molecule has 0 unspecified atom stereocenters. The molecule has 3 nitrogen and oxygen atoms in total. The van der Waals surface area contributed by atoms with Crippen molar-refractivity contribution < 1.29 is 9.52 Å². The largest absolute Gasteiger partial charge is 0.472 e. The molecule has 0 aromatic carbocycles. The number of hydrogen-bond donors (Lipinski definition) is 1. The van der Waals surface area contributed by atoms with E-state index in [1.165, 1.54) is 6.42 Å². The maximum absolute atomic E-state index is 10.5. The van der Waals surface area contributed by atoms with Gasteiger partial charge in [0, 0.05) is 19.5 Å². The van der Waals surface area contributed by atoms with Crippen LogP contribution in [0.4, 0.5) is 0 Å². The van der Waals surface area contributed by atoms with E-state index in [0.717, 1.165) is 44.5 Å². The van der Waals surface area contributed by atoms with E-state index < -0.39 is 5.60 Å². The summed E-state index contributed by atoms with van der Waals surface area (Å²) in [4.78, 5) is 2.43. The summed E-state index contributed by atoms with van der Waals surface area (Å²) in [7, 11) is 0. The van der Waals surface area contributed by atoms with Gasteiger partial charge in [0.15, 0.2) is 0 Å². The number of hydrogen-bond acceptors (Lipinski definition) is 3. The van der Waals surface area contributed by atoms with Crippen LogP contribution in [0.15, 0.2) is 23.0 Å². The lowest BCUT2D eigenvalue weighted by atomic mass is 9.86. The molecule has 0 spiro atoms. The van der Waals surface area contributed by atoms with Crippen molar-refractivity contribution >= 4 is 0 Å². The second kappa shape index (κ2) is 5.02. The molecule has 2 rings (SSSR count). The van der Waals surface area contributed by atoms with Crippen molar-refractivity contribution in [2.45, 2.75) is 38.2 Å². The Morgan fingerprint density at radius 1 is 1.44 bits per heavy atom. The smallest absolute Gasteiger partial charge is 0.0935 e. The first-order valence-corrected chi connectivity index (χ1v) is 6.18. The molecule has 2 heterocycles. The van der Waals surface area contributed by atoms with Crippen molar-refractivity contribution in [1.29, 1.82) is 0 Å². The summed E-state index contributed by atoms with van der Waals surface area (Å²) < 4.78 is 5.04. The lowest BCUT2D eigenvalue weighted by molar-refractivity contribution is -0.0205. The molecule has 16 heavy (non-hydrogen) atoms. The second-order valence-corrected chi connectivity index (χ2v) is 4.87. The highest BCUT2D eigenvalue weighted by atomic mass is 16.3. The van der Waals surface area contributed by atoms with Crippen molar-refractivity contribution in [3.8, 4) is 0 Å². The standard InChI is InChI=1S/C13H21NO2/c1-2-6-14-7-4-13(15,5-8-14)10-12-3-9-16-11-12/h3,9,11,15H,2,4-8,10H2,1H3. The zero-order chi connectivity index (χ0) is 11.4. The maximum atomic E-state index is 10.5. The highest BCUT2D eigenvalue weighted by Crippen LogP contribution is 2.26. The number of piperidine rings is 1. The van der Waals surface area contributed by atoms with Gasteiger partial charge < -0.3 is 14.4 Å². The molecule has 1 saturated heterocycles. The zero-order valence-corrected chi connectivity index (χ0v) is 9.98. The van der Waals surface area contributed by atoms with Gasteiger partial charge in [-0.1, -0.05) is 6.92 Å². The Morgan fingerprint density at radius 3 is 2.75 bits per heavy atom. The molecule has 1 aromatic rings. The molecule has 1 aliphatic heterocycles. The summed E-state index contributed by atoms with van der Waals surface area (Å²) >= 11 is 0. The van der Waals surface area contributed by atoms with Gasteiger partial charge in [0.1, 0.15) is 0 Å². The minimum Gasteiger partial charge on any atom is -0.472 e. The Kier molecular flexibility index (Phi) is 3.66. The Morgan fingerprint density at radius 2 is 2.19 bits per heavy atom. The van der Waals surface area contributed by atoms with Crippen LogP contribution >= 0.6 is 0 Å². The topological polar surface area (TPSA) is 36.6 Å². The quantitative estimate of drug-likeness (QED) is 0.849. The van der Waals surface area contributed by atoms with Gasteiger partial charge in [-0.05, 0) is 37.4 Å². The Balaban J connectivity index is 1.86. The molecular weight excluding hydrogens is 202 g/mol. The van der Waals surface area contributed by atoms with Gasteiger partial charge in [0.05, 0.1) is 18.1 Å². The number of rotatable bonds is 4. The second-order valence-electron chi connectivity index (χ2n) is 4.87. The Bertz CT molecular complexity index is 300. The average Bonchev–Trinajstić information content (AvgIpc) is 2.74. The molecule has 1 aromatic heterocycles. The van der Waals surface area contributed by atoms with Gasteiger partial charge in [-0.15, -0.1) is 0 Å². The fourth-order valence-electron chi connectivity index (χ4n) is 2.46. The molecule has 0 aliphatic carbocycles. The average molecular weight is 223 g/mol. The van der Waals surface area contributed by atoms with E-state index in [2.05, 4.69) is 11.8 Å². The lowest BCUT2D eigenvalue weighted by Gasteiger charge is -2.38. The van der Waals surface area contributed by atoms with Crippen LogP contribution in [0, 0.1) is 0 Å². The minimum atomic E-state index is -0.520. The molecule has 1 aliphatic rings. The summed E-state index contributed by atoms with van der Waals surface area (Å²) in [5.74, 6) is 0. The normalized spacial score (nSPS) is 21.1. The maximum Gasteiger partial charge on any atom is 0.0935 e. The SMILES string of the molecule is CCCN1CCC(O)(Cc2ccoc2)CC1. The van der Waals surface area contributed by atoms with E-state index in [9.17, 15) is 5.11 Å². The van der Waals surface area contributed by atoms with Gasteiger partial charge in [0.25, 0.3) is 0 Å². The minimum absolute atomic E-state index is 0.520. The number of nitrogens with zero attached hydrogens (tertiary/aromatic N) is 1. The van der Waals surface area contributed by atoms with E-state index in [-0.39, 0.29) is 0 Å². The number of likely N-dealkylation sites (tertiary alicyclic amines) is 1. The van der Waals surface area contributed by atoms with E-state index in [1.807, 2.05) is 6.07 Å². The predicted molar refractivity (Wildman–Crippen MR) is 63.3 cm³/mol. The molecule has 90 valence electrons. The van der Waals surface area contributed by atoms with Crippen LogP contribution in [0.5, 0.6) is 0 Å². The molecule has 0 bridgehead atoms. The van der Waals surface area contributed by atoms with Crippen LogP contribution in [0.1, 0.15) is 31.7 Å². The molecule has 3 heteroatoms. The van der Waals surface area contributed by atoms with Crippen LogP contribution in [-0.4, -0.2) is 35.2 Å². The molecule has 0 amide bonds. The first-order valence-electron chi connectivity index (χ1n) is 6.18. The van der Waals surface area contributed by atoms with Crippen LogP contribution in [0.3, 0.4) is 0 Å². The Hall–Kier alpha value is -0.800. The zero-order valence-electron chi connectivity index (χ0n) is 9.98. The van der Waals surface area contributed by atoms with Crippen molar-refractivity contribution in [2.24, 2.45) is 0 Å². The summed E-state index contributed by atoms with van der Waals surface area (Å²) in [5.41, 5.74) is 0.583. The lowest BCUT2D eigenvalue weighted by Crippen LogP contribution is -2.45. The van der Waals surface area contributed by atoms with Crippen LogP contribution in [0.2, 0.25) is 0 Å². The fraction of sp³-hybridized carbons (Fsp3) is 0.692. The van der Waals surface area contributed by atoms with Crippen molar-refractivity contribution in [1.82, 2.24) is 4.90 Å². The van der Waals surface area contributed by atoms with E-state index in [4.69, 9.17) is 4.42 Å². The highest BCUT2D eigenvalue weighted by molar-refractivity contribution is 5.10. The molecule has 0 saturated carbocycles. The molecular formula is C13H21NO2. The van der Waals surface area contributed by atoms with E-state index >= 15 is 0 Å². The number of aliphatic hydroxyl groups is 1. The first kappa shape index (κ1) is 11.7. The van der Waals surface area contributed by atoms with E-state index in [0.29, 0.717) is 0 Å². The predicted octanol–water partition coefficient (Wildman–Crippen LogP) is 2.06. The summed E-state index contributed by atoms with van der Waals surface area (Å²) in [6.07, 6.45) is 7.07. The molecule has 0 radical (unpaired) electrons. The summed E-state index contributed by atoms with van der Waals surface area (Å²) in [6.45, 7) is 5.39. The van der Waals surface area contributed by atoms with Crippen LogP contribution in [-0.2, 0) is 6.42 Å². The third-order valence-electron chi connectivity index (χ3n) is 3.44.